The number of rotatable bonds is 5. The summed E-state index contributed by atoms with van der Waals surface area (Å²) in [7, 11) is 6.91. The lowest BCUT2D eigenvalue weighted by Gasteiger charge is -2.13. The Morgan fingerprint density at radius 3 is 2.24 bits per heavy atom. The summed E-state index contributed by atoms with van der Waals surface area (Å²) in [5.41, 5.74) is 3.20. The van der Waals surface area contributed by atoms with Gasteiger partial charge in [0.05, 0.1) is 21.3 Å². The molecule has 0 saturated heterocycles. The number of pyridine rings is 1. The quantitative estimate of drug-likeness (QED) is 0.663. The third-order valence-corrected chi connectivity index (χ3v) is 4.29. The minimum absolute atomic E-state index is 0.593. The van der Waals surface area contributed by atoms with Gasteiger partial charge < -0.3 is 14.2 Å². The molecule has 0 N–H and O–H groups in total. The van der Waals surface area contributed by atoms with E-state index in [9.17, 15) is 0 Å². The molecule has 0 unspecified atom stereocenters. The minimum atomic E-state index is 0.593. The summed E-state index contributed by atoms with van der Waals surface area (Å²) in [4.78, 5) is 0. The van der Waals surface area contributed by atoms with Crippen molar-refractivity contribution < 1.29 is 18.8 Å². The maximum absolute atomic E-state index is 5.54. The third kappa shape index (κ3) is 3.15. The highest BCUT2D eigenvalue weighted by Crippen LogP contribution is 2.40. The Morgan fingerprint density at radius 1 is 0.760 bits per heavy atom. The Kier molecular flexibility index (Phi) is 4.89. The Labute approximate surface area is 147 Å². The van der Waals surface area contributed by atoms with Gasteiger partial charge in [-0.3, -0.25) is 0 Å². The molecule has 4 heteroatoms. The predicted molar refractivity (Wildman–Crippen MR) is 100 cm³/mol. The number of nitrogens with zero attached hydrogens (tertiary/aromatic N) is 1. The lowest BCUT2D eigenvalue weighted by atomic mass is 10.1. The fourth-order valence-corrected chi connectivity index (χ4v) is 2.96. The van der Waals surface area contributed by atoms with Gasteiger partial charge in [-0.1, -0.05) is 12.1 Å². The van der Waals surface area contributed by atoms with E-state index < -0.39 is 0 Å². The Bertz CT molecular complexity index is 932. The molecule has 3 rings (SSSR count). The van der Waals surface area contributed by atoms with Crippen molar-refractivity contribution in [2.24, 2.45) is 7.05 Å². The number of hydrogen-bond donors (Lipinski definition) is 0. The van der Waals surface area contributed by atoms with Gasteiger partial charge in [0.1, 0.15) is 7.05 Å². The van der Waals surface area contributed by atoms with Crippen molar-refractivity contribution in [3.63, 3.8) is 0 Å². The van der Waals surface area contributed by atoms with Gasteiger partial charge in [0.2, 0.25) is 17.0 Å². The average molecular weight is 336 g/mol. The van der Waals surface area contributed by atoms with Crippen LogP contribution in [0.2, 0.25) is 0 Å². The maximum atomic E-state index is 5.54. The van der Waals surface area contributed by atoms with Crippen LogP contribution in [-0.4, -0.2) is 21.3 Å². The summed E-state index contributed by atoms with van der Waals surface area (Å²) in [5.74, 6) is 1.89. The zero-order valence-electron chi connectivity index (χ0n) is 14.9. The molecule has 25 heavy (non-hydrogen) atoms. The van der Waals surface area contributed by atoms with E-state index in [2.05, 4.69) is 42.0 Å². The number of benzene rings is 2. The Hall–Kier alpha value is -3.01. The van der Waals surface area contributed by atoms with E-state index in [0.29, 0.717) is 17.2 Å². The molecule has 1 aromatic heterocycles. The van der Waals surface area contributed by atoms with Gasteiger partial charge in [0.25, 0.3) is 0 Å². The van der Waals surface area contributed by atoms with Crippen molar-refractivity contribution in [1.29, 1.82) is 0 Å². The number of methoxy groups -OCH3 is 3. The first-order chi connectivity index (χ1) is 12.2. The second kappa shape index (κ2) is 7.26. The van der Waals surface area contributed by atoms with E-state index in [1.54, 1.807) is 21.3 Å². The average Bonchev–Trinajstić information content (AvgIpc) is 2.66. The van der Waals surface area contributed by atoms with Crippen molar-refractivity contribution >= 4 is 23.1 Å². The first-order valence-corrected chi connectivity index (χ1v) is 8.04. The van der Waals surface area contributed by atoms with E-state index in [1.165, 1.54) is 10.9 Å². The molecule has 0 aliphatic rings. The molecule has 0 amide bonds. The number of fused-ring (bicyclic) bond motifs is 1. The number of para-hydroxylation sites is 1. The Balaban J connectivity index is 2.04. The van der Waals surface area contributed by atoms with E-state index in [-0.39, 0.29) is 0 Å². The van der Waals surface area contributed by atoms with Crippen LogP contribution < -0.4 is 18.8 Å². The SMILES string of the molecule is COc1ccc(/C=C/c2ccc3ccccc3[n+]2C)c(OC)c1OC. The summed E-state index contributed by atoms with van der Waals surface area (Å²) >= 11 is 0. The summed E-state index contributed by atoms with van der Waals surface area (Å²) < 4.78 is 18.5. The summed E-state index contributed by atoms with van der Waals surface area (Å²) in [6, 6.07) is 16.4. The third-order valence-electron chi connectivity index (χ3n) is 4.29. The van der Waals surface area contributed by atoms with Crippen molar-refractivity contribution in [1.82, 2.24) is 0 Å². The minimum Gasteiger partial charge on any atom is -0.493 e. The van der Waals surface area contributed by atoms with Gasteiger partial charge in [0, 0.05) is 29.2 Å². The maximum Gasteiger partial charge on any atom is 0.212 e. The summed E-state index contributed by atoms with van der Waals surface area (Å²) in [6.07, 6.45) is 4.08. The molecule has 0 atom stereocenters. The number of hydrogen-bond acceptors (Lipinski definition) is 3. The van der Waals surface area contributed by atoms with Crippen LogP contribution in [0, 0.1) is 0 Å². The molecule has 128 valence electrons. The molecule has 0 saturated carbocycles. The zero-order chi connectivity index (χ0) is 17.8. The van der Waals surface area contributed by atoms with Crippen LogP contribution in [0.4, 0.5) is 0 Å². The smallest absolute Gasteiger partial charge is 0.212 e. The van der Waals surface area contributed by atoms with Gasteiger partial charge in [-0.05, 0) is 30.3 Å². The van der Waals surface area contributed by atoms with Crippen LogP contribution in [0.15, 0.2) is 48.5 Å². The summed E-state index contributed by atoms with van der Waals surface area (Å²) in [6.45, 7) is 0. The number of aromatic nitrogens is 1. The van der Waals surface area contributed by atoms with Crippen LogP contribution in [-0.2, 0) is 7.05 Å². The molecule has 2 aromatic carbocycles. The standard InChI is InChI=1S/C21H22NO3/c1-22-17(12-9-15-7-5-6-8-18(15)22)13-10-16-11-14-19(23-2)21(25-4)20(16)24-3/h5-14H,1-4H3/q+1/b13-10+. The molecule has 3 aromatic rings. The fourth-order valence-electron chi connectivity index (χ4n) is 2.96. The van der Waals surface area contributed by atoms with E-state index in [4.69, 9.17) is 14.2 Å². The van der Waals surface area contributed by atoms with Crippen molar-refractivity contribution in [3.05, 3.63) is 59.8 Å². The van der Waals surface area contributed by atoms with Gasteiger partial charge in [-0.15, -0.1) is 0 Å². The predicted octanol–water partition coefficient (Wildman–Crippen LogP) is 3.86. The largest absolute Gasteiger partial charge is 0.493 e. The molecule has 0 fully saturated rings. The van der Waals surface area contributed by atoms with Crippen LogP contribution in [0.5, 0.6) is 17.2 Å². The van der Waals surface area contributed by atoms with Gasteiger partial charge in [-0.2, -0.15) is 4.57 Å². The monoisotopic (exact) mass is 336 g/mol. The van der Waals surface area contributed by atoms with Gasteiger partial charge >= 0.3 is 0 Å². The summed E-state index contributed by atoms with van der Waals surface area (Å²) in [5, 5.41) is 1.21. The molecule has 1 heterocycles. The second-order valence-electron chi connectivity index (χ2n) is 5.63. The van der Waals surface area contributed by atoms with Crippen molar-refractivity contribution in [3.8, 4) is 17.2 Å². The van der Waals surface area contributed by atoms with Crippen LogP contribution in [0.1, 0.15) is 11.3 Å². The molecule has 4 nitrogen and oxygen atoms in total. The molecule has 0 aliphatic carbocycles. The van der Waals surface area contributed by atoms with Crippen LogP contribution in [0.25, 0.3) is 23.1 Å². The number of aryl methyl sites for hydroxylation is 1. The highest BCUT2D eigenvalue weighted by atomic mass is 16.5. The zero-order valence-corrected chi connectivity index (χ0v) is 14.9. The molecule has 0 aliphatic heterocycles. The van der Waals surface area contributed by atoms with Crippen LogP contribution in [0.3, 0.4) is 0 Å². The van der Waals surface area contributed by atoms with Crippen molar-refractivity contribution in [2.45, 2.75) is 0 Å². The van der Waals surface area contributed by atoms with Gasteiger partial charge in [-0.25, -0.2) is 0 Å². The van der Waals surface area contributed by atoms with E-state index in [0.717, 1.165) is 11.3 Å². The highest BCUT2D eigenvalue weighted by Gasteiger charge is 2.15. The first-order valence-electron chi connectivity index (χ1n) is 8.04. The van der Waals surface area contributed by atoms with Crippen LogP contribution >= 0.6 is 0 Å². The molecule has 0 spiro atoms. The van der Waals surface area contributed by atoms with E-state index >= 15 is 0 Å². The number of ether oxygens (including phenoxy) is 3. The molecule has 0 radical (unpaired) electrons. The molecular formula is C21H22NO3+. The lowest BCUT2D eigenvalue weighted by Crippen LogP contribution is -2.32. The van der Waals surface area contributed by atoms with Crippen molar-refractivity contribution in [2.75, 3.05) is 21.3 Å². The first kappa shape index (κ1) is 16.8. The fraction of sp³-hybridized carbons (Fsp3) is 0.190. The topological polar surface area (TPSA) is 31.6 Å². The van der Waals surface area contributed by atoms with E-state index in [1.807, 2.05) is 30.3 Å². The Morgan fingerprint density at radius 2 is 1.52 bits per heavy atom. The molecule has 0 bridgehead atoms. The highest BCUT2D eigenvalue weighted by molar-refractivity contribution is 5.78. The molecular weight excluding hydrogens is 314 g/mol. The lowest BCUT2D eigenvalue weighted by molar-refractivity contribution is -0.646. The normalized spacial score (nSPS) is 11.0. The second-order valence-corrected chi connectivity index (χ2v) is 5.63. The van der Waals surface area contributed by atoms with Gasteiger partial charge in [0.15, 0.2) is 11.5 Å².